The van der Waals surface area contributed by atoms with Crippen molar-refractivity contribution >= 4 is 50.7 Å². The third-order valence-corrected chi connectivity index (χ3v) is 8.10. The van der Waals surface area contributed by atoms with Crippen molar-refractivity contribution in [2.45, 2.75) is 57.7 Å². The Hall–Kier alpha value is -2.49. The highest BCUT2D eigenvalue weighted by atomic mass is 35.5. The minimum Gasteiger partial charge on any atom is -0.497 e. The molecule has 0 unspecified atom stereocenters. The molecule has 0 bridgehead atoms. The molecule has 1 fully saturated rings. The molecule has 0 heterocycles. The van der Waals surface area contributed by atoms with Gasteiger partial charge in [0.05, 0.1) is 24.1 Å². The molecular weight excluding hydrogens is 537 g/mol. The molecule has 0 radical (unpaired) electrons. The molecule has 0 aliphatic heterocycles. The molecule has 8 nitrogen and oxygen atoms in total. The number of ether oxygens (including phenoxy) is 1. The van der Waals surface area contributed by atoms with Crippen LogP contribution < -0.4 is 14.4 Å². The van der Waals surface area contributed by atoms with Crippen molar-refractivity contribution in [2.24, 2.45) is 0 Å². The number of methoxy groups -OCH3 is 1. The van der Waals surface area contributed by atoms with Gasteiger partial charge in [0.25, 0.3) is 0 Å². The number of carbonyl (C=O) groups is 2. The number of hydrogen-bond donors (Lipinski definition) is 1. The molecule has 3 rings (SSSR count). The number of hydrogen-bond acceptors (Lipinski definition) is 5. The summed E-state index contributed by atoms with van der Waals surface area (Å²) in [6, 6.07) is 10.9. The zero-order chi connectivity index (χ0) is 27.2. The summed E-state index contributed by atoms with van der Waals surface area (Å²) in [5, 5.41) is 3.51. The molecule has 1 saturated carbocycles. The number of rotatable bonds is 11. The molecule has 11 heteroatoms. The number of nitrogens with one attached hydrogen (secondary N) is 1. The van der Waals surface area contributed by atoms with Crippen LogP contribution in [0.4, 0.5) is 5.69 Å². The summed E-state index contributed by atoms with van der Waals surface area (Å²) < 4.78 is 31.7. The monoisotopic (exact) mass is 569 g/mol. The van der Waals surface area contributed by atoms with Gasteiger partial charge in [-0.2, -0.15) is 0 Å². The van der Waals surface area contributed by atoms with Crippen LogP contribution in [0.15, 0.2) is 42.5 Å². The van der Waals surface area contributed by atoms with E-state index in [4.69, 9.17) is 27.9 Å². The molecule has 0 spiro atoms. The molecule has 202 valence electrons. The van der Waals surface area contributed by atoms with Gasteiger partial charge in [-0.1, -0.05) is 55.1 Å². The number of anilines is 1. The van der Waals surface area contributed by atoms with Crippen LogP contribution in [0.5, 0.6) is 5.75 Å². The molecule has 1 aliphatic rings. The highest BCUT2D eigenvalue weighted by molar-refractivity contribution is 7.92. The maximum atomic E-state index is 13.8. The van der Waals surface area contributed by atoms with E-state index >= 15 is 0 Å². The molecule has 37 heavy (non-hydrogen) atoms. The highest BCUT2D eigenvalue weighted by Gasteiger charge is 2.33. The maximum Gasteiger partial charge on any atom is 0.244 e. The topological polar surface area (TPSA) is 96.0 Å². The van der Waals surface area contributed by atoms with E-state index in [0.717, 1.165) is 41.8 Å². The van der Waals surface area contributed by atoms with E-state index in [-0.39, 0.29) is 29.2 Å². The first-order valence-corrected chi connectivity index (χ1v) is 14.8. The SMILES string of the molecule is CC[C@H](C(=O)NC1CCCC1)N(Cc1cccc(OC)c1)C(=O)CN(c1ccc(Cl)cc1Cl)S(C)(=O)=O. The first kappa shape index (κ1) is 29.1. The van der Waals surface area contributed by atoms with Crippen LogP contribution in [0.1, 0.15) is 44.6 Å². The van der Waals surface area contributed by atoms with Gasteiger partial charge in [0, 0.05) is 17.6 Å². The second kappa shape index (κ2) is 12.8. The number of halogens is 2. The van der Waals surface area contributed by atoms with Crippen molar-refractivity contribution in [1.82, 2.24) is 10.2 Å². The summed E-state index contributed by atoms with van der Waals surface area (Å²) in [6.07, 6.45) is 5.28. The van der Waals surface area contributed by atoms with Crippen LogP contribution >= 0.6 is 23.2 Å². The van der Waals surface area contributed by atoms with Crippen molar-refractivity contribution in [3.63, 3.8) is 0 Å². The van der Waals surface area contributed by atoms with Gasteiger partial charge < -0.3 is 15.0 Å². The van der Waals surface area contributed by atoms with Gasteiger partial charge in [-0.3, -0.25) is 13.9 Å². The average molecular weight is 571 g/mol. The maximum absolute atomic E-state index is 13.8. The molecule has 1 aliphatic carbocycles. The second-order valence-corrected chi connectivity index (χ2v) is 11.9. The highest BCUT2D eigenvalue weighted by Crippen LogP contribution is 2.31. The van der Waals surface area contributed by atoms with Gasteiger partial charge in [0.1, 0.15) is 18.3 Å². The van der Waals surface area contributed by atoms with Crippen molar-refractivity contribution in [3.05, 3.63) is 58.1 Å². The number of carbonyl (C=O) groups excluding carboxylic acids is 2. The predicted molar refractivity (Wildman–Crippen MR) is 147 cm³/mol. The second-order valence-electron chi connectivity index (χ2n) is 9.15. The first-order valence-electron chi connectivity index (χ1n) is 12.2. The van der Waals surface area contributed by atoms with E-state index < -0.39 is 28.5 Å². The Morgan fingerprint density at radius 1 is 1.14 bits per heavy atom. The number of nitrogens with zero attached hydrogens (tertiary/aromatic N) is 2. The van der Waals surface area contributed by atoms with Crippen LogP contribution in [-0.4, -0.2) is 57.1 Å². The Morgan fingerprint density at radius 2 is 1.84 bits per heavy atom. The van der Waals surface area contributed by atoms with Gasteiger partial charge >= 0.3 is 0 Å². The van der Waals surface area contributed by atoms with Crippen LogP contribution in [0.25, 0.3) is 0 Å². The van der Waals surface area contributed by atoms with Crippen LogP contribution in [0.3, 0.4) is 0 Å². The summed E-state index contributed by atoms with van der Waals surface area (Å²) in [4.78, 5) is 28.6. The summed E-state index contributed by atoms with van der Waals surface area (Å²) in [5.74, 6) is -0.173. The standard InChI is InChI=1S/C26H33Cl2N3O5S/c1-4-23(26(33)29-20-9-5-6-10-20)30(16-18-8-7-11-21(14-18)36-2)25(32)17-31(37(3,34)35)24-13-12-19(27)15-22(24)28/h7-8,11-15,20,23H,4-6,9-10,16-17H2,1-3H3,(H,29,33)/t23-/m1/s1. The summed E-state index contributed by atoms with van der Waals surface area (Å²) in [5.41, 5.74) is 0.877. The molecule has 2 aromatic carbocycles. The fourth-order valence-electron chi connectivity index (χ4n) is 4.53. The van der Waals surface area contributed by atoms with Crippen LogP contribution in [-0.2, 0) is 26.2 Å². The fraction of sp³-hybridized carbons (Fsp3) is 0.462. The van der Waals surface area contributed by atoms with Gasteiger partial charge in [-0.25, -0.2) is 8.42 Å². The van der Waals surface area contributed by atoms with Crippen molar-refractivity contribution in [3.8, 4) is 5.75 Å². The van der Waals surface area contributed by atoms with Gasteiger partial charge in [-0.05, 0) is 55.2 Å². The molecule has 2 aromatic rings. The van der Waals surface area contributed by atoms with Gasteiger partial charge in [-0.15, -0.1) is 0 Å². The van der Waals surface area contributed by atoms with E-state index in [2.05, 4.69) is 5.32 Å². The van der Waals surface area contributed by atoms with E-state index in [0.29, 0.717) is 17.2 Å². The number of amides is 2. The van der Waals surface area contributed by atoms with Crippen molar-refractivity contribution in [2.75, 3.05) is 24.2 Å². The van der Waals surface area contributed by atoms with Crippen molar-refractivity contribution in [1.29, 1.82) is 0 Å². The molecule has 2 amide bonds. The number of sulfonamides is 1. The van der Waals surface area contributed by atoms with Crippen LogP contribution in [0, 0.1) is 0 Å². The third kappa shape index (κ3) is 7.75. The van der Waals surface area contributed by atoms with E-state index in [9.17, 15) is 18.0 Å². The lowest BCUT2D eigenvalue weighted by atomic mass is 10.1. The Morgan fingerprint density at radius 3 is 2.43 bits per heavy atom. The Kier molecular flexibility index (Phi) is 10.1. The minimum atomic E-state index is -3.90. The lowest BCUT2D eigenvalue weighted by Gasteiger charge is -2.33. The quantitative estimate of drug-likeness (QED) is 0.425. The Balaban J connectivity index is 1.95. The molecule has 0 aromatic heterocycles. The minimum absolute atomic E-state index is 0.0794. The van der Waals surface area contributed by atoms with Gasteiger partial charge in [0.15, 0.2) is 0 Å². The van der Waals surface area contributed by atoms with Crippen LogP contribution in [0.2, 0.25) is 10.0 Å². The molecule has 0 saturated heterocycles. The molecule has 1 N–H and O–H groups in total. The fourth-order valence-corrected chi connectivity index (χ4v) is 5.95. The van der Waals surface area contributed by atoms with E-state index in [1.807, 2.05) is 13.0 Å². The number of benzene rings is 2. The largest absolute Gasteiger partial charge is 0.497 e. The lowest BCUT2D eigenvalue weighted by molar-refractivity contribution is -0.140. The lowest BCUT2D eigenvalue weighted by Crippen LogP contribution is -2.53. The summed E-state index contributed by atoms with van der Waals surface area (Å²) in [7, 11) is -2.35. The Labute approximate surface area is 228 Å². The van der Waals surface area contributed by atoms with E-state index in [1.54, 1.807) is 25.3 Å². The normalized spacial score (nSPS) is 14.7. The van der Waals surface area contributed by atoms with Crippen molar-refractivity contribution < 1.29 is 22.7 Å². The summed E-state index contributed by atoms with van der Waals surface area (Å²) in [6.45, 7) is 1.39. The first-order chi connectivity index (χ1) is 17.5. The molecular formula is C26H33Cl2N3O5S. The zero-order valence-corrected chi connectivity index (χ0v) is 23.6. The smallest absolute Gasteiger partial charge is 0.244 e. The summed E-state index contributed by atoms with van der Waals surface area (Å²) >= 11 is 12.3. The third-order valence-electron chi connectivity index (χ3n) is 6.43. The average Bonchev–Trinajstić information content (AvgIpc) is 3.35. The zero-order valence-electron chi connectivity index (χ0n) is 21.2. The molecule has 1 atom stereocenters. The Bertz CT molecular complexity index is 1220. The predicted octanol–water partition coefficient (Wildman–Crippen LogP) is 4.63. The van der Waals surface area contributed by atoms with Gasteiger partial charge in [0.2, 0.25) is 21.8 Å². The van der Waals surface area contributed by atoms with E-state index in [1.165, 1.54) is 23.1 Å².